The summed E-state index contributed by atoms with van der Waals surface area (Å²) in [6.07, 6.45) is 1.63. The van der Waals surface area contributed by atoms with Crippen molar-refractivity contribution in [1.29, 1.82) is 0 Å². The van der Waals surface area contributed by atoms with Gasteiger partial charge in [-0.3, -0.25) is 4.79 Å². The van der Waals surface area contributed by atoms with E-state index < -0.39 is 12.0 Å². The first kappa shape index (κ1) is 15.4. The van der Waals surface area contributed by atoms with E-state index in [1.54, 1.807) is 7.11 Å². The molecule has 1 aliphatic rings. The second-order valence-electron chi connectivity index (χ2n) is 5.47. The van der Waals surface area contributed by atoms with Crippen molar-refractivity contribution in [1.82, 2.24) is 4.90 Å². The molecule has 2 atom stereocenters. The van der Waals surface area contributed by atoms with Gasteiger partial charge in [0.1, 0.15) is 11.8 Å². The highest BCUT2D eigenvalue weighted by molar-refractivity contribution is 5.84. The van der Waals surface area contributed by atoms with Gasteiger partial charge in [0.15, 0.2) is 0 Å². The molecular formula is C16H21NO4. The van der Waals surface area contributed by atoms with Gasteiger partial charge in [-0.25, -0.2) is 4.79 Å². The lowest BCUT2D eigenvalue weighted by atomic mass is 9.97. The van der Waals surface area contributed by atoms with Crippen LogP contribution in [0, 0.1) is 0 Å². The number of methoxy groups -OCH3 is 1. The Balaban J connectivity index is 2.03. The first-order valence-corrected chi connectivity index (χ1v) is 7.19. The maximum atomic E-state index is 12.3. The molecule has 0 aromatic heterocycles. The molecule has 0 saturated carbocycles. The second kappa shape index (κ2) is 6.61. The fourth-order valence-corrected chi connectivity index (χ4v) is 2.77. The minimum absolute atomic E-state index is 0.0302. The number of nitrogens with zero attached hydrogens (tertiary/aromatic N) is 1. The third kappa shape index (κ3) is 3.54. The summed E-state index contributed by atoms with van der Waals surface area (Å²) in [5.41, 5.74) is 1.02. The molecule has 0 spiro atoms. The molecule has 5 heteroatoms. The van der Waals surface area contributed by atoms with Crippen molar-refractivity contribution < 1.29 is 19.4 Å². The van der Waals surface area contributed by atoms with E-state index >= 15 is 0 Å². The number of hydrogen-bond donors (Lipinski definition) is 1. The van der Waals surface area contributed by atoms with Crippen LogP contribution in [0.4, 0.5) is 0 Å². The summed E-state index contributed by atoms with van der Waals surface area (Å²) in [6, 6.07) is 6.97. The number of carboxylic acids is 1. The minimum atomic E-state index is -0.908. The summed E-state index contributed by atoms with van der Waals surface area (Å²) in [7, 11) is 1.61. The van der Waals surface area contributed by atoms with Gasteiger partial charge in [-0.1, -0.05) is 19.1 Å². The monoisotopic (exact) mass is 291 g/mol. The van der Waals surface area contributed by atoms with E-state index in [2.05, 4.69) is 0 Å². The van der Waals surface area contributed by atoms with Crippen LogP contribution in [-0.4, -0.2) is 41.6 Å². The normalized spacial score (nSPS) is 19.3. The average Bonchev–Trinajstić information content (AvgIpc) is 2.97. The van der Waals surface area contributed by atoms with Gasteiger partial charge in [0, 0.05) is 13.0 Å². The molecule has 1 aliphatic heterocycles. The van der Waals surface area contributed by atoms with E-state index in [1.807, 2.05) is 31.2 Å². The number of benzene rings is 1. The quantitative estimate of drug-likeness (QED) is 0.903. The number of likely N-dealkylation sites (tertiary alicyclic amines) is 1. The van der Waals surface area contributed by atoms with E-state index in [-0.39, 0.29) is 11.8 Å². The van der Waals surface area contributed by atoms with Crippen molar-refractivity contribution in [3.8, 4) is 5.75 Å². The summed E-state index contributed by atoms with van der Waals surface area (Å²) in [5.74, 6) is -0.205. The molecule has 0 aliphatic carbocycles. The van der Waals surface area contributed by atoms with Crippen LogP contribution < -0.4 is 4.74 Å². The number of amides is 1. The van der Waals surface area contributed by atoms with Crippen LogP contribution in [0.25, 0.3) is 0 Å². The number of aliphatic carboxylic acids is 1. The van der Waals surface area contributed by atoms with Gasteiger partial charge in [0.25, 0.3) is 0 Å². The number of carboxylic acid groups (broad SMARTS) is 1. The Bertz CT molecular complexity index is 529. The van der Waals surface area contributed by atoms with Crippen LogP contribution in [0.15, 0.2) is 24.3 Å². The molecule has 114 valence electrons. The van der Waals surface area contributed by atoms with Crippen molar-refractivity contribution in [2.45, 2.75) is 38.1 Å². The van der Waals surface area contributed by atoms with Crippen LogP contribution in [0.3, 0.4) is 0 Å². The first-order valence-electron chi connectivity index (χ1n) is 7.19. The molecule has 5 nitrogen and oxygen atoms in total. The zero-order valence-corrected chi connectivity index (χ0v) is 12.4. The third-order valence-electron chi connectivity index (χ3n) is 4.00. The van der Waals surface area contributed by atoms with Gasteiger partial charge in [0.05, 0.1) is 7.11 Å². The highest BCUT2D eigenvalue weighted by Crippen LogP contribution is 2.26. The Morgan fingerprint density at radius 3 is 2.90 bits per heavy atom. The van der Waals surface area contributed by atoms with Crippen LogP contribution in [0.5, 0.6) is 5.75 Å². The lowest BCUT2D eigenvalue weighted by molar-refractivity contribution is -0.148. The fourth-order valence-electron chi connectivity index (χ4n) is 2.77. The predicted molar refractivity (Wildman–Crippen MR) is 78.4 cm³/mol. The van der Waals surface area contributed by atoms with Crippen molar-refractivity contribution in [3.05, 3.63) is 29.8 Å². The number of ether oxygens (including phenoxy) is 1. The minimum Gasteiger partial charge on any atom is -0.497 e. The largest absolute Gasteiger partial charge is 0.497 e. The van der Waals surface area contributed by atoms with Crippen molar-refractivity contribution >= 4 is 11.9 Å². The maximum absolute atomic E-state index is 12.3. The molecule has 1 fully saturated rings. The summed E-state index contributed by atoms with van der Waals surface area (Å²) >= 11 is 0. The third-order valence-corrected chi connectivity index (χ3v) is 4.00. The standard InChI is InChI=1S/C16H21NO4/c1-11(12-5-3-6-13(10-12)21-2)9-15(18)17-8-4-7-14(17)16(19)20/h3,5-6,10-11,14H,4,7-9H2,1-2H3,(H,19,20)/t11?,14-/m0/s1. The first-order chi connectivity index (χ1) is 10.0. The van der Waals surface area contributed by atoms with Crippen molar-refractivity contribution in [2.75, 3.05) is 13.7 Å². The summed E-state index contributed by atoms with van der Waals surface area (Å²) < 4.78 is 5.19. The molecule has 1 saturated heterocycles. The van der Waals surface area contributed by atoms with Crippen LogP contribution in [0.2, 0.25) is 0 Å². The molecule has 1 aromatic carbocycles. The summed E-state index contributed by atoms with van der Waals surface area (Å²) in [4.78, 5) is 25.0. The van der Waals surface area contributed by atoms with E-state index in [0.29, 0.717) is 19.4 Å². The Labute approximate surface area is 124 Å². The Kier molecular flexibility index (Phi) is 4.83. The van der Waals surface area contributed by atoms with Gasteiger partial charge in [-0.2, -0.15) is 0 Å². The topological polar surface area (TPSA) is 66.8 Å². The van der Waals surface area contributed by atoms with Gasteiger partial charge >= 0.3 is 5.97 Å². The summed E-state index contributed by atoms with van der Waals surface area (Å²) in [6.45, 7) is 2.51. The lowest BCUT2D eigenvalue weighted by Gasteiger charge is -2.23. The molecule has 21 heavy (non-hydrogen) atoms. The number of carbonyl (C=O) groups is 2. The molecule has 1 heterocycles. The van der Waals surface area contributed by atoms with E-state index in [0.717, 1.165) is 17.7 Å². The maximum Gasteiger partial charge on any atom is 0.326 e. The van der Waals surface area contributed by atoms with Gasteiger partial charge in [-0.05, 0) is 36.5 Å². The fraction of sp³-hybridized carbons (Fsp3) is 0.500. The second-order valence-corrected chi connectivity index (χ2v) is 5.47. The molecule has 1 aromatic rings. The van der Waals surface area contributed by atoms with E-state index in [1.165, 1.54) is 4.90 Å². The van der Waals surface area contributed by atoms with Gasteiger partial charge < -0.3 is 14.7 Å². The number of hydrogen-bond acceptors (Lipinski definition) is 3. The Hall–Kier alpha value is -2.04. The van der Waals surface area contributed by atoms with E-state index in [9.17, 15) is 9.59 Å². The number of carbonyl (C=O) groups excluding carboxylic acids is 1. The lowest BCUT2D eigenvalue weighted by Crippen LogP contribution is -2.40. The van der Waals surface area contributed by atoms with Gasteiger partial charge in [0.2, 0.25) is 5.91 Å². The van der Waals surface area contributed by atoms with Gasteiger partial charge in [-0.15, -0.1) is 0 Å². The number of rotatable bonds is 5. The zero-order valence-electron chi connectivity index (χ0n) is 12.4. The predicted octanol–water partition coefficient (Wildman–Crippen LogP) is 2.26. The van der Waals surface area contributed by atoms with Crippen molar-refractivity contribution in [2.24, 2.45) is 0 Å². The smallest absolute Gasteiger partial charge is 0.326 e. The molecule has 1 N–H and O–H groups in total. The molecular weight excluding hydrogens is 270 g/mol. The zero-order chi connectivity index (χ0) is 15.4. The van der Waals surface area contributed by atoms with Crippen LogP contribution in [-0.2, 0) is 9.59 Å². The Morgan fingerprint density at radius 1 is 1.48 bits per heavy atom. The van der Waals surface area contributed by atoms with E-state index in [4.69, 9.17) is 9.84 Å². The Morgan fingerprint density at radius 2 is 2.24 bits per heavy atom. The average molecular weight is 291 g/mol. The molecule has 2 rings (SSSR count). The molecule has 0 radical (unpaired) electrons. The van der Waals surface area contributed by atoms with Crippen LogP contribution >= 0.6 is 0 Å². The summed E-state index contributed by atoms with van der Waals surface area (Å²) in [5, 5.41) is 9.14. The van der Waals surface area contributed by atoms with Crippen LogP contribution in [0.1, 0.15) is 37.7 Å². The highest BCUT2D eigenvalue weighted by Gasteiger charge is 2.34. The SMILES string of the molecule is COc1cccc(C(C)CC(=O)N2CCC[C@H]2C(=O)O)c1. The molecule has 1 unspecified atom stereocenters. The molecule has 1 amide bonds. The van der Waals surface area contributed by atoms with Crippen molar-refractivity contribution in [3.63, 3.8) is 0 Å². The molecule has 0 bridgehead atoms. The highest BCUT2D eigenvalue weighted by atomic mass is 16.5.